The first kappa shape index (κ1) is 11.5. The van der Waals surface area contributed by atoms with Crippen LogP contribution < -0.4 is 0 Å². The minimum Gasteiger partial charge on any atom is -0.441 e. The van der Waals surface area contributed by atoms with Crippen LogP contribution >= 0.6 is 0 Å². The number of benzene rings is 1. The van der Waals surface area contributed by atoms with Gasteiger partial charge in [-0.25, -0.2) is 12.8 Å². The van der Waals surface area contributed by atoms with Crippen molar-refractivity contribution in [2.45, 2.75) is 9.99 Å². The fourth-order valence-electron chi connectivity index (χ4n) is 1.31. The predicted octanol–water partition coefficient (Wildman–Crippen LogP) is 2.06. The van der Waals surface area contributed by atoms with Gasteiger partial charge in [0.05, 0.1) is 0 Å². The van der Waals surface area contributed by atoms with Gasteiger partial charge in [-0.2, -0.15) is 0 Å². The molecule has 0 saturated heterocycles. The molecular formula is C11H7FO4S. The van der Waals surface area contributed by atoms with Gasteiger partial charge in [-0.3, -0.25) is 4.79 Å². The van der Waals surface area contributed by atoms with Crippen LogP contribution in [0.15, 0.2) is 50.8 Å². The lowest BCUT2D eigenvalue weighted by atomic mass is 10.3. The molecule has 0 atom stereocenters. The molecule has 2 aromatic rings. The van der Waals surface area contributed by atoms with E-state index in [0.717, 1.165) is 18.2 Å². The molecule has 6 heteroatoms. The molecule has 0 saturated carbocycles. The zero-order valence-electron chi connectivity index (χ0n) is 8.46. The van der Waals surface area contributed by atoms with Crippen LogP contribution in [0, 0.1) is 5.82 Å². The summed E-state index contributed by atoms with van der Waals surface area (Å²) < 4.78 is 42.0. The molecule has 0 spiro atoms. The van der Waals surface area contributed by atoms with E-state index in [9.17, 15) is 17.6 Å². The SMILES string of the molecule is O=Cc1ccc(S(=O)(=O)c2ccccc2F)o1. The second-order valence-corrected chi connectivity index (χ2v) is 5.06. The summed E-state index contributed by atoms with van der Waals surface area (Å²) >= 11 is 0. The Hall–Kier alpha value is -1.95. The maximum absolute atomic E-state index is 13.4. The van der Waals surface area contributed by atoms with Gasteiger partial charge >= 0.3 is 0 Å². The van der Waals surface area contributed by atoms with E-state index in [1.165, 1.54) is 18.2 Å². The average Bonchev–Trinajstić information content (AvgIpc) is 2.78. The van der Waals surface area contributed by atoms with Gasteiger partial charge in [0.15, 0.2) is 12.0 Å². The summed E-state index contributed by atoms with van der Waals surface area (Å²) in [5, 5.41) is -0.454. The summed E-state index contributed by atoms with van der Waals surface area (Å²) in [5.41, 5.74) is 0. The molecule has 1 heterocycles. The second-order valence-electron chi connectivity index (χ2n) is 3.21. The van der Waals surface area contributed by atoms with Crippen LogP contribution in [0.5, 0.6) is 0 Å². The third kappa shape index (κ3) is 1.99. The van der Waals surface area contributed by atoms with Gasteiger partial charge in [0.2, 0.25) is 14.9 Å². The molecule has 88 valence electrons. The number of hydrogen-bond acceptors (Lipinski definition) is 4. The van der Waals surface area contributed by atoms with E-state index >= 15 is 0 Å². The lowest BCUT2D eigenvalue weighted by Gasteiger charge is -2.01. The van der Waals surface area contributed by atoms with Gasteiger partial charge in [-0.15, -0.1) is 0 Å². The van der Waals surface area contributed by atoms with E-state index in [-0.39, 0.29) is 5.76 Å². The minimum absolute atomic E-state index is 0.125. The molecule has 0 fully saturated rings. The van der Waals surface area contributed by atoms with Crippen molar-refractivity contribution < 1.29 is 22.0 Å². The van der Waals surface area contributed by atoms with E-state index in [1.54, 1.807) is 0 Å². The van der Waals surface area contributed by atoms with Crippen LogP contribution in [0.4, 0.5) is 4.39 Å². The molecule has 0 aliphatic rings. The topological polar surface area (TPSA) is 64.3 Å². The van der Waals surface area contributed by atoms with Crippen LogP contribution in [0.3, 0.4) is 0 Å². The van der Waals surface area contributed by atoms with Gasteiger partial charge in [0, 0.05) is 0 Å². The van der Waals surface area contributed by atoms with Crippen LogP contribution in [0.1, 0.15) is 10.6 Å². The van der Waals surface area contributed by atoms with E-state index in [0.29, 0.717) is 6.29 Å². The first-order valence-electron chi connectivity index (χ1n) is 4.60. The number of aldehydes is 1. The number of hydrogen-bond donors (Lipinski definition) is 0. The molecule has 0 N–H and O–H groups in total. The number of carbonyl (C=O) groups excluding carboxylic acids is 1. The Balaban J connectivity index is 2.58. The standard InChI is InChI=1S/C11H7FO4S/c12-9-3-1-2-4-10(9)17(14,15)11-6-5-8(7-13)16-11/h1-7H. The first-order chi connectivity index (χ1) is 8.05. The smallest absolute Gasteiger partial charge is 0.242 e. The van der Waals surface area contributed by atoms with Crippen molar-refractivity contribution in [1.29, 1.82) is 0 Å². The van der Waals surface area contributed by atoms with Crippen molar-refractivity contribution in [3.63, 3.8) is 0 Å². The summed E-state index contributed by atoms with van der Waals surface area (Å²) in [7, 11) is -4.06. The van der Waals surface area contributed by atoms with Crippen molar-refractivity contribution in [1.82, 2.24) is 0 Å². The minimum atomic E-state index is -4.06. The molecular weight excluding hydrogens is 247 g/mol. The molecule has 0 aliphatic heterocycles. The highest BCUT2D eigenvalue weighted by Gasteiger charge is 2.24. The highest BCUT2D eigenvalue weighted by atomic mass is 32.2. The van der Waals surface area contributed by atoms with E-state index in [4.69, 9.17) is 4.42 Å². The third-order valence-corrected chi connectivity index (χ3v) is 3.77. The van der Waals surface area contributed by atoms with Gasteiger partial charge < -0.3 is 4.42 Å². The Labute approximate surface area is 96.6 Å². The maximum Gasteiger partial charge on any atom is 0.242 e. The second kappa shape index (κ2) is 4.14. The van der Waals surface area contributed by atoms with E-state index in [2.05, 4.69) is 0 Å². The van der Waals surface area contributed by atoms with E-state index < -0.39 is 25.6 Å². The molecule has 4 nitrogen and oxygen atoms in total. The molecule has 1 aromatic heterocycles. The number of furan rings is 1. The highest BCUT2D eigenvalue weighted by Crippen LogP contribution is 2.24. The normalized spacial score (nSPS) is 11.4. The number of halogens is 1. The van der Waals surface area contributed by atoms with Crippen LogP contribution in [0.2, 0.25) is 0 Å². The maximum atomic E-state index is 13.4. The van der Waals surface area contributed by atoms with E-state index in [1.807, 2.05) is 0 Å². The summed E-state index contributed by atoms with van der Waals surface area (Å²) in [6, 6.07) is 7.28. The molecule has 1 aromatic carbocycles. The lowest BCUT2D eigenvalue weighted by molar-refractivity contribution is 0.109. The fourth-order valence-corrected chi connectivity index (χ4v) is 2.57. The van der Waals surface area contributed by atoms with Gasteiger partial charge in [0.1, 0.15) is 10.7 Å². The van der Waals surface area contributed by atoms with Gasteiger partial charge in [0.25, 0.3) is 0 Å². The molecule has 0 radical (unpaired) electrons. The van der Waals surface area contributed by atoms with Crippen molar-refractivity contribution in [3.8, 4) is 0 Å². The van der Waals surface area contributed by atoms with Gasteiger partial charge in [-0.1, -0.05) is 12.1 Å². The Morgan fingerprint density at radius 2 is 1.82 bits per heavy atom. The summed E-state index contributed by atoms with van der Waals surface area (Å²) in [4.78, 5) is 9.91. The quantitative estimate of drug-likeness (QED) is 0.786. The molecule has 2 rings (SSSR count). The Morgan fingerprint density at radius 3 is 2.41 bits per heavy atom. The zero-order valence-corrected chi connectivity index (χ0v) is 9.28. The largest absolute Gasteiger partial charge is 0.441 e. The van der Waals surface area contributed by atoms with Crippen molar-refractivity contribution in [3.05, 3.63) is 48.0 Å². The molecule has 0 unspecified atom stereocenters. The summed E-state index contributed by atoms with van der Waals surface area (Å²) in [6.07, 6.45) is 0.375. The summed E-state index contributed by atoms with van der Waals surface area (Å²) in [6.45, 7) is 0. The van der Waals surface area contributed by atoms with Crippen molar-refractivity contribution >= 4 is 16.1 Å². The Kier molecular flexibility index (Phi) is 2.81. The number of sulfone groups is 1. The van der Waals surface area contributed by atoms with Crippen molar-refractivity contribution in [2.75, 3.05) is 0 Å². The van der Waals surface area contributed by atoms with Crippen LogP contribution in [0.25, 0.3) is 0 Å². The van der Waals surface area contributed by atoms with Gasteiger partial charge in [-0.05, 0) is 24.3 Å². The first-order valence-corrected chi connectivity index (χ1v) is 6.08. The highest BCUT2D eigenvalue weighted by molar-refractivity contribution is 7.91. The van der Waals surface area contributed by atoms with Crippen molar-refractivity contribution in [2.24, 2.45) is 0 Å². The van der Waals surface area contributed by atoms with Crippen LogP contribution in [-0.4, -0.2) is 14.7 Å². The third-order valence-electron chi connectivity index (χ3n) is 2.11. The lowest BCUT2D eigenvalue weighted by Crippen LogP contribution is -2.03. The zero-order chi connectivity index (χ0) is 12.5. The Morgan fingerprint density at radius 1 is 1.12 bits per heavy atom. The average molecular weight is 254 g/mol. The molecule has 0 bridgehead atoms. The fraction of sp³-hybridized carbons (Fsp3) is 0. The van der Waals surface area contributed by atoms with Crippen LogP contribution in [-0.2, 0) is 9.84 Å². The molecule has 17 heavy (non-hydrogen) atoms. The number of rotatable bonds is 3. The number of carbonyl (C=O) groups is 1. The molecule has 0 amide bonds. The monoisotopic (exact) mass is 254 g/mol. The molecule has 0 aliphatic carbocycles. The Bertz CT molecular complexity index is 658. The summed E-state index contributed by atoms with van der Waals surface area (Å²) in [5.74, 6) is -0.989. The predicted molar refractivity (Wildman–Crippen MR) is 55.9 cm³/mol.